The molecule has 0 aromatic carbocycles. The van der Waals surface area contributed by atoms with E-state index in [0.717, 1.165) is 12.3 Å². The Balaban J connectivity index is 2.76. The summed E-state index contributed by atoms with van der Waals surface area (Å²) >= 11 is 0. The van der Waals surface area contributed by atoms with E-state index in [1.54, 1.807) is 20.8 Å². The fourth-order valence-corrected chi connectivity index (χ4v) is 0.834. The van der Waals surface area contributed by atoms with Gasteiger partial charge in [-0.05, 0) is 32.9 Å². The van der Waals surface area contributed by atoms with E-state index in [1.807, 2.05) is 0 Å². The molecule has 3 nitrogen and oxygen atoms in total. The third-order valence-corrected chi connectivity index (χ3v) is 1.36. The number of hydrogen-bond acceptors (Lipinski definition) is 3. The van der Waals surface area contributed by atoms with Crippen molar-refractivity contribution < 1.29 is 13.9 Å². The van der Waals surface area contributed by atoms with Crippen LogP contribution in [0.5, 0.6) is 0 Å². The standard InChI is InChI=1S/C10H12FNO2/c1-10(2,3)14-9(13)7-4-5-8(11)12-6-7/h4-6H,1-3H3. The van der Waals surface area contributed by atoms with Gasteiger partial charge in [0.15, 0.2) is 0 Å². The highest BCUT2D eigenvalue weighted by Gasteiger charge is 2.17. The molecule has 0 amide bonds. The Morgan fingerprint density at radius 2 is 2.07 bits per heavy atom. The molecule has 0 aliphatic rings. The number of ether oxygens (including phenoxy) is 1. The second kappa shape index (κ2) is 3.74. The highest BCUT2D eigenvalue weighted by Crippen LogP contribution is 2.11. The molecule has 0 atom stereocenters. The van der Waals surface area contributed by atoms with Crippen LogP contribution in [0.25, 0.3) is 0 Å². The summed E-state index contributed by atoms with van der Waals surface area (Å²) in [6, 6.07) is 2.47. The SMILES string of the molecule is CC(C)(C)OC(=O)c1ccc(F)nc1. The van der Waals surface area contributed by atoms with E-state index >= 15 is 0 Å². The predicted octanol–water partition coefficient (Wildman–Crippen LogP) is 2.18. The minimum Gasteiger partial charge on any atom is -0.456 e. The normalized spacial score (nSPS) is 11.1. The largest absolute Gasteiger partial charge is 0.456 e. The number of halogens is 1. The highest BCUT2D eigenvalue weighted by molar-refractivity contribution is 5.89. The summed E-state index contributed by atoms with van der Waals surface area (Å²) < 4.78 is 17.5. The second-order valence-electron chi connectivity index (χ2n) is 3.87. The Morgan fingerprint density at radius 3 is 2.50 bits per heavy atom. The van der Waals surface area contributed by atoms with Crippen molar-refractivity contribution in [1.82, 2.24) is 4.98 Å². The molecule has 76 valence electrons. The van der Waals surface area contributed by atoms with Crippen molar-refractivity contribution >= 4 is 5.97 Å². The van der Waals surface area contributed by atoms with Gasteiger partial charge in [-0.2, -0.15) is 4.39 Å². The Labute approximate surface area is 81.9 Å². The van der Waals surface area contributed by atoms with E-state index in [-0.39, 0.29) is 5.56 Å². The Kier molecular flexibility index (Phi) is 2.84. The molecule has 0 radical (unpaired) electrons. The van der Waals surface area contributed by atoms with Crippen molar-refractivity contribution in [3.05, 3.63) is 29.8 Å². The van der Waals surface area contributed by atoms with Crippen molar-refractivity contribution in [1.29, 1.82) is 0 Å². The lowest BCUT2D eigenvalue weighted by atomic mass is 10.2. The van der Waals surface area contributed by atoms with Gasteiger partial charge in [-0.25, -0.2) is 9.78 Å². The van der Waals surface area contributed by atoms with Gasteiger partial charge in [-0.1, -0.05) is 0 Å². The molecule has 1 aromatic rings. The summed E-state index contributed by atoms with van der Waals surface area (Å²) in [5.41, 5.74) is -0.299. The molecule has 0 fully saturated rings. The maximum Gasteiger partial charge on any atom is 0.340 e. The van der Waals surface area contributed by atoms with Gasteiger partial charge in [0.25, 0.3) is 0 Å². The zero-order valence-corrected chi connectivity index (χ0v) is 8.37. The number of carbonyl (C=O) groups excluding carboxylic acids is 1. The van der Waals surface area contributed by atoms with Crippen molar-refractivity contribution in [2.75, 3.05) is 0 Å². The first-order valence-electron chi connectivity index (χ1n) is 4.23. The Bertz CT molecular complexity index is 327. The maximum atomic E-state index is 12.4. The van der Waals surface area contributed by atoms with Gasteiger partial charge in [0.2, 0.25) is 5.95 Å². The number of esters is 1. The second-order valence-corrected chi connectivity index (χ2v) is 3.87. The molecule has 0 aliphatic heterocycles. The van der Waals surface area contributed by atoms with Gasteiger partial charge < -0.3 is 4.74 Å². The zero-order chi connectivity index (χ0) is 10.8. The first kappa shape index (κ1) is 10.6. The third-order valence-electron chi connectivity index (χ3n) is 1.36. The molecule has 4 heteroatoms. The van der Waals surface area contributed by atoms with Crippen LogP contribution in [-0.4, -0.2) is 16.6 Å². The summed E-state index contributed by atoms with van der Waals surface area (Å²) in [5.74, 6) is -1.11. The van der Waals surface area contributed by atoms with Crippen LogP contribution in [0.2, 0.25) is 0 Å². The van der Waals surface area contributed by atoms with Crippen molar-refractivity contribution in [3.63, 3.8) is 0 Å². The van der Waals surface area contributed by atoms with Crippen LogP contribution in [0, 0.1) is 5.95 Å². The number of hydrogen-bond donors (Lipinski definition) is 0. The van der Waals surface area contributed by atoms with E-state index < -0.39 is 17.5 Å². The number of carbonyl (C=O) groups is 1. The van der Waals surface area contributed by atoms with E-state index in [9.17, 15) is 9.18 Å². The van der Waals surface area contributed by atoms with Crippen LogP contribution in [0.15, 0.2) is 18.3 Å². The van der Waals surface area contributed by atoms with Crippen molar-refractivity contribution in [2.24, 2.45) is 0 Å². The maximum absolute atomic E-state index is 12.4. The molecule has 0 unspecified atom stereocenters. The molecular formula is C10H12FNO2. The summed E-state index contributed by atoms with van der Waals surface area (Å²) in [6.07, 6.45) is 1.16. The molecule has 0 saturated heterocycles. The molecule has 14 heavy (non-hydrogen) atoms. The highest BCUT2D eigenvalue weighted by atomic mass is 19.1. The molecule has 1 aromatic heterocycles. The molecular weight excluding hydrogens is 185 g/mol. The van der Waals surface area contributed by atoms with Crippen LogP contribution in [-0.2, 0) is 4.74 Å². The Hall–Kier alpha value is -1.45. The van der Waals surface area contributed by atoms with Crippen molar-refractivity contribution in [2.45, 2.75) is 26.4 Å². The number of pyridine rings is 1. The number of nitrogens with zero attached hydrogens (tertiary/aromatic N) is 1. The Morgan fingerprint density at radius 1 is 1.43 bits per heavy atom. The number of aromatic nitrogens is 1. The summed E-state index contributed by atoms with van der Waals surface area (Å²) in [6.45, 7) is 5.30. The fourth-order valence-electron chi connectivity index (χ4n) is 0.834. The van der Waals surface area contributed by atoms with E-state index in [1.165, 1.54) is 6.07 Å². The fraction of sp³-hybridized carbons (Fsp3) is 0.400. The quantitative estimate of drug-likeness (QED) is 0.511. The van der Waals surface area contributed by atoms with Crippen molar-refractivity contribution in [3.8, 4) is 0 Å². The summed E-state index contributed by atoms with van der Waals surface area (Å²) in [4.78, 5) is 14.7. The smallest absolute Gasteiger partial charge is 0.340 e. The predicted molar refractivity (Wildman–Crippen MR) is 49.4 cm³/mol. The van der Waals surface area contributed by atoms with Gasteiger partial charge >= 0.3 is 5.97 Å². The van der Waals surface area contributed by atoms with E-state index in [0.29, 0.717) is 0 Å². The lowest BCUT2D eigenvalue weighted by Crippen LogP contribution is -2.23. The topological polar surface area (TPSA) is 39.2 Å². The molecule has 1 heterocycles. The molecule has 0 bridgehead atoms. The van der Waals surface area contributed by atoms with Crippen LogP contribution < -0.4 is 0 Å². The van der Waals surface area contributed by atoms with Gasteiger partial charge in [0, 0.05) is 6.20 Å². The average Bonchev–Trinajstić information content (AvgIpc) is 2.02. The molecule has 0 spiro atoms. The zero-order valence-electron chi connectivity index (χ0n) is 8.37. The van der Waals surface area contributed by atoms with Gasteiger partial charge in [-0.15, -0.1) is 0 Å². The molecule has 0 N–H and O–H groups in total. The first-order valence-corrected chi connectivity index (χ1v) is 4.23. The summed E-state index contributed by atoms with van der Waals surface area (Å²) in [5, 5.41) is 0. The molecule has 1 rings (SSSR count). The van der Waals surface area contributed by atoms with Gasteiger partial charge in [0.05, 0.1) is 5.56 Å². The van der Waals surface area contributed by atoms with Gasteiger partial charge in [0.1, 0.15) is 5.60 Å². The lowest BCUT2D eigenvalue weighted by molar-refractivity contribution is 0.00690. The minimum atomic E-state index is -0.614. The lowest BCUT2D eigenvalue weighted by Gasteiger charge is -2.19. The third kappa shape index (κ3) is 3.12. The molecule has 0 aliphatic carbocycles. The minimum absolute atomic E-state index is 0.251. The van der Waals surface area contributed by atoms with E-state index in [2.05, 4.69) is 4.98 Å². The molecule has 0 saturated carbocycles. The van der Waals surface area contributed by atoms with Crippen LogP contribution in [0.1, 0.15) is 31.1 Å². The van der Waals surface area contributed by atoms with Crippen LogP contribution in [0.4, 0.5) is 4.39 Å². The van der Waals surface area contributed by atoms with Crippen LogP contribution >= 0.6 is 0 Å². The van der Waals surface area contributed by atoms with E-state index in [4.69, 9.17) is 4.74 Å². The monoisotopic (exact) mass is 197 g/mol. The number of rotatable bonds is 1. The summed E-state index contributed by atoms with van der Waals surface area (Å²) in [7, 11) is 0. The average molecular weight is 197 g/mol. The van der Waals surface area contributed by atoms with Gasteiger partial charge in [-0.3, -0.25) is 0 Å². The van der Waals surface area contributed by atoms with Crippen LogP contribution in [0.3, 0.4) is 0 Å². The first-order chi connectivity index (χ1) is 6.38.